The molecule has 3 aromatic rings. The van der Waals surface area contributed by atoms with Gasteiger partial charge in [-0.05, 0) is 48.4 Å². The minimum absolute atomic E-state index is 0.351. The Labute approximate surface area is 123 Å². The summed E-state index contributed by atoms with van der Waals surface area (Å²) >= 11 is 3.35. The smallest absolute Gasteiger partial charge is 0.344 e. The van der Waals surface area contributed by atoms with Crippen LogP contribution in [0.5, 0.6) is 0 Å². The van der Waals surface area contributed by atoms with Crippen LogP contribution in [0.15, 0.2) is 56.1 Å². The van der Waals surface area contributed by atoms with Crippen LogP contribution in [0, 0.1) is 12.7 Å². The third kappa shape index (κ3) is 2.16. The van der Waals surface area contributed by atoms with Crippen LogP contribution >= 0.6 is 15.9 Å². The fourth-order valence-corrected chi connectivity index (χ4v) is 2.54. The number of benzene rings is 2. The number of hydrogen-bond donors (Lipinski definition) is 0. The molecule has 0 unspecified atom stereocenters. The van der Waals surface area contributed by atoms with Crippen LogP contribution in [-0.4, -0.2) is 0 Å². The molecule has 0 N–H and O–H groups in total. The highest BCUT2D eigenvalue weighted by molar-refractivity contribution is 9.10. The van der Waals surface area contributed by atoms with Crippen molar-refractivity contribution in [2.24, 2.45) is 0 Å². The zero-order chi connectivity index (χ0) is 14.3. The van der Waals surface area contributed by atoms with Gasteiger partial charge in [-0.3, -0.25) is 0 Å². The molecule has 2 nitrogen and oxygen atoms in total. The summed E-state index contributed by atoms with van der Waals surface area (Å²) in [6, 6.07) is 11.5. The normalized spacial score (nSPS) is 10.9. The van der Waals surface area contributed by atoms with Gasteiger partial charge >= 0.3 is 5.63 Å². The van der Waals surface area contributed by atoms with Crippen LogP contribution in [0.1, 0.15) is 5.56 Å². The van der Waals surface area contributed by atoms with E-state index in [1.54, 1.807) is 6.92 Å². The molecular formula is C16H10BrFO2. The molecule has 0 saturated heterocycles. The Bertz CT molecular complexity index is 851. The molecule has 100 valence electrons. The molecule has 0 spiro atoms. The zero-order valence-corrected chi connectivity index (χ0v) is 12.2. The standard InChI is InChI=1S/C16H10BrFO2/c1-9-13-8-12(18)6-7-14(13)20-16(19)15(9)10-2-4-11(17)5-3-10/h2-8H,1H3. The molecule has 3 rings (SSSR count). The van der Waals surface area contributed by atoms with Crippen molar-refractivity contribution in [3.63, 3.8) is 0 Å². The van der Waals surface area contributed by atoms with Crippen molar-refractivity contribution in [3.05, 3.63) is 68.7 Å². The summed E-state index contributed by atoms with van der Waals surface area (Å²) in [5, 5.41) is 0.613. The lowest BCUT2D eigenvalue weighted by Gasteiger charge is -2.08. The Hall–Kier alpha value is -1.94. The molecule has 0 amide bonds. The molecule has 0 bridgehead atoms. The summed E-state index contributed by atoms with van der Waals surface area (Å²) < 4.78 is 19.6. The molecule has 0 radical (unpaired) electrons. The SMILES string of the molecule is Cc1c(-c2ccc(Br)cc2)c(=O)oc2ccc(F)cc12. The third-order valence-corrected chi connectivity index (χ3v) is 3.79. The zero-order valence-electron chi connectivity index (χ0n) is 10.6. The first-order valence-electron chi connectivity index (χ1n) is 6.05. The first-order valence-corrected chi connectivity index (χ1v) is 6.84. The maximum Gasteiger partial charge on any atom is 0.344 e. The molecule has 4 heteroatoms. The van der Waals surface area contributed by atoms with E-state index in [4.69, 9.17) is 4.42 Å². The van der Waals surface area contributed by atoms with Gasteiger partial charge in [-0.25, -0.2) is 9.18 Å². The number of aryl methyl sites for hydroxylation is 1. The van der Waals surface area contributed by atoms with Crippen molar-refractivity contribution in [2.45, 2.75) is 6.92 Å². The quantitative estimate of drug-likeness (QED) is 0.606. The molecule has 2 aromatic carbocycles. The average Bonchev–Trinajstić information content (AvgIpc) is 2.42. The van der Waals surface area contributed by atoms with Gasteiger partial charge in [-0.1, -0.05) is 28.1 Å². The second-order valence-electron chi connectivity index (χ2n) is 4.54. The minimum Gasteiger partial charge on any atom is -0.422 e. The minimum atomic E-state index is -0.413. The van der Waals surface area contributed by atoms with Gasteiger partial charge in [-0.2, -0.15) is 0 Å². The highest BCUT2D eigenvalue weighted by Crippen LogP contribution is 2.27. The maximum absolute atomic E-state index is 13.4. The van der Waals surface area contributed by atoms with Crippen molar-refractivity contribution in [3.8, 4) is 11.1 Å². The molecule has 0 aliphatic rings. The lowest BCUT2D eigenvalue weighted by Crippen LogP contribution is -2.06. The van der Waals surface area contributed by atoms with E-state index in [9.17, 15) is 9.18 Å². The van der Waals surface area contributed by atoms with Gasteiger partial charge < -0.3 is 4.42 Å². The van der Waals surface area contributed by atoms with E-state index in [-0.39, 0.29) is 5.82 Å². The topological polar surface area (TPSA) is 30.2 Å². The molecule has 0 saturated carbocycles. The highest BCUT2D eigenvalue weighted by Gasteiger charge is 2.13. The molecule has 1 heterocycles. The first kappa shape index (κ1) is 13.1. The molecular weight excluding hydrogens is 323 g/mol. The summed E-state index contributed by atoms with van der Waals surface area (Å²) in [5.74, 6) is -0.351. The summed E-state index contributed by atoms with van der Waals surface area (Å²) in [4.78, 5) is 12.2. The predicted molar refractivity (Wildman–Crippen MR) is 80.3 cm³/mol. The van der Waals surface area contributed by atoms with Gasteiger partial charge in [-0.15, -0.1) is 0 Å². The highest BCUT2D eigenvalue weighted by atomic mass is 79.9. The number of halogens is 2. The van der Waals surface area contributed by atoms with Crippen molar-refractivity contribution in [1.82, 2.24) is 0 Å². The van der Waals surface area contributed by atoms with Crippen molar-refractivity contribution < 1.29 is 8.81 Å². The van der Waals surface area contributed by atoms with Gasteiger partial charge in [0.25, 0.3) is 0 Å². The van der Waals surface area contributed by atoms with Crippen LogP contribution in [0.3, 0.4) is 0 Å². The molecule has 0 aliphatic carbocycles. The molecule has 0 fully saturated rings. The van der Waals surface area contributed by atoms with Crippen molar-refractivity contribution in [2.75, 3.05) is 0 Å². The largest absolute Gasteiger partial charge is 0.422 e. The van der Waals surface area contributed by atoms with Gasteiger partial charge in [0.1, 0.15) is 11.4 Å². The Kier molecular flexibility index (Phi) is 3.18. The van der Waals surface area contributed by atoms with Crippen LogP contribution in [0.4, 0.5) is 4.39 Å². The summed E-state index contributed by atoms with van der Waals surface area (Å²) in [6.45, 7) is 1.80. The van der Waals surface area contributed by atoms with E-state index in [0.29, 0.717) is 16.5 Å². The van der Waals surface area contributed by atoms with E-state index in [1.165, 1.54) is 18.2 Å². The van der Waals surface area contributed by atoms with E-state index in [2.05, 4.69) is 15.9 Å². The Morgan fingerprint density at radius 3 is 2.50 bits per heavy atom. The van der Waals surface area contributed by atoms with E-state index >= 15 is 0 Å². The monoisotopic (exact) mass is 332 g/mol. The van der Waals surface area contributed by atoms with Gasteiger partial charge in [0.15, 0.2) is 0 Å². The average molecular weight is 333 g/mol. The van der Waals surface area contributed by atoms with E-state index in [0.717, 1.165) is 15.6 Å². The summed E-state index contributed by atoms with van der Waals surface area (Å²) in [5.41, 5.74) is 1.93. The summed E-state index contributed by atoms with van der Waals surface area (Å²) in [6.07, 6.45) is 0. The summed E-state index contributed by atoms with van der Waals surface area (Å²) in [7, 11) is 0. The van der Waals surface area contributed by atoms with Crippen molar-refractivity contribution >= 4 is 26.9 Å². The molecule has 0 atom stereocenters. The Morgan fingerprint density at radius 1 is 1.10 bits per heavy atom. The molecule has 1 aromatic heterocycles. The van der Waals surface area contributed by atoms with Crippen molar-refractivity contribution in [1.29, 1.82) is 0 Å². The number of rotatable bonds is 1. The lowest BCUT2D eigenvalue weighted by atomic mass is 10.00. The third-order valence-electron chi connectivity index (χ3n) is 3.26. The second kappa shape index (κ2) is 4.87. The van der Waals surface area contributed by atoms with E-state index in [1.807, 2.05) is 24.3 Å². The van der Waals surface area contributed by atoms with Crippen LogP contribution in [0.25, 0.3) is 22.1 Å². The maximum atomic E-state index is 13.4. The fraction of sp³-hybridized carbons (Fsp3) is 0.0625. The van der Waals surface area contributed by atoms with Gasteiger partial charge in [0.2, 0.25) is 0 Å². The predicted octanol–water partition coefficient (Wildman–Crippen LogP) is 4.67. The van der Waals surface area contributed by atoms with Crippen LogP contribution in [0.2, 0.25) is 0 Å². The first-order chi connectivity index (χ1) is 9.56. The van der Waals surface area contributed by atoms with Gasteiger partial charge in [0, 0.05) is 9.86 Å². The lowest BCUT2D eigenvalue weighted by molar-refractivity contribution is 0.560. The van der Waals surface area contributed by atoms with Gasteiger partial charge in [0.05, 0.1) is 5.56 Å². The fourth-order valence-electron chi connectivity index (χ4n) is 2.27. The molecule has 0 aliphatic heterocycles. The van der Waals surface area contributed by atoms with E-state index < -0.39 is 5.63 Å². The molecule has 20 heavy (non-hydrogen) atoms. The Balaban J connectivity index is 2.35. The second-order valence-corrected chi connectivity index (χ2v) is 5.45. The Morgan fingerprint density at radius 2 is 1.80 bits per heavy atom. The number of fused-ring (bicyclic) bond motifs is 1. The van der Waals surface area contributed by atoms with Crippen LogP contribution < -0.4 is 5.63 Å². The number of hydrogen-bond acceptors (Lipinski definition) is 2. The van der Waals surface area contributed by atoms with Crippen LogP contribution in [-0.2, 0) is 0 Å².